The Labute approximate surface area is 455 Å². The lowest BCUT2D eigenvalue weighted by molar-refractivity contribution is 0.0328. The summed E-state index contributed by atoms with van der Waals surface area (Å²) in [6.07, 6.45) is 12.2. The van der Waals surface area contributed by atoms with Crippen molar-refractivity contribution >= 4 is 43.9 Å². The molecule has 14 heteroatoms. The summed E-state index contributed by atoms with van der Waals surface area (Å²) in [7, 11) is 3.85. The quantitative estimate of drug-likeness (QED) is 0.121. The van der Waals surface area contributed by atoms with E-state index < -0.39 is 11.2 Å². The first-order valence-electron chi connectivity index (χ1n) is 28.2. The summed E-state index contributed by atoms with van der Waals surface area (Å²) in [4.78, 5) is 10.1. The van der Waals surface area contributed by atoms with Gasteiger partial charge in [-0.05, 0) is 149 Å². The highest BCUT2D eigenvalue weighted by Gasteiger charge is 2.43. The molecule has 2 aliphatic heterocycles. The molecule has 2 saturated heterocycles. The maximum absolute atomic E-state index is 11.5. The third kappa shape index (κ3) is 8.90. The number of aromatic nitrogens is 10. The molecule has 2 aliphatic carbocycles. The fourth-order valence-corrected chi connectivity index (χ4v) is 13.4. The number of aliphatic hydroxyl groups is 2. The minimum absolute atomic E-state index is 0.110. The number of pyridine rings is 2. The Hall–Kier alpha value is -7.10. The van der Waals surface area contributed by atoms with E-state index in [0.29, 0.717) is 23.7 Å². The summed E-state index contributed by atoms with van der Waals surface area (Å²) in [6.45, 7) is 11.0. The third-order valence-corrected chi connectivity index (χ3v) is 18.0. The minimum atomic E-state index is -0.841. The smallest absolute Gasteiger partial charge is 0.0960 e. The third-order valence-electron chi connectivity index (χ3n) is 18.0. The summed E-state index contributed by atoms with van der Waals surface area (Å²) in [5.41, 5.74) is 14.9. The molecule has 4 aliphatic rings. The number of aryl methyl sites for hydroxylation is 4. The van der Waals surface area contributed by atoms with Gasteiger partial charge in [-0.25, -0.2) is 9.36 Å². The standard InChI is InChI=1S/2C32H35N5O2/c2*1-20-30(36(3)35-34-20)23-17-28-29(33-19-23)26-12-11-25(32(2,38)24-9-10-24)18-27(26)37(28)31(21-7-5-4-6-8-21)22-13-15-39-16-14-22/h2*4-8,11-12,17-19,22,24,31,38H,9-10,13-16H2,1-3H3/t2*31-,32?/m11/s1. The van der Waals surface area contributed by atoms with Gasteiger partial charge in [0.25, 0.3) is 0 Å². The first kappa shape index (κ1) is 50.4. The molecular weight excluding hydrogens is 973 g/mol. The molecule has 0 amide bonds. The minimum Gasteiger partial charge on any atom is -0.385 e. The number of hydrogen-bond acceptors (Lipinski definition) is 10. The number of fused-ring (bicyclic) bond motifs is 6. The molecule has 4 atom stereocenters. The van der Waals surface area contributed by atoms with Crippen molar-refractivity contribution in [2.24, 2.45) is 37.8 Å². The summed E-state index contributed by atoms with van der Waals surface area (Å²) in [6, 6.07) is 39.4. The predicted octanol–water partition coefficient (Wildman–Crippen LogP) is 11.9. The van der Waals surface area contributed by atoms with Gasteiger partial charge in [-0.3, -0.25) is 9.97 Å². The molecule has 14 rings (SSSR count). The Morgan fingerprint density at radius 2 is 0.885 bits per heavy atom. The van der Waals surface area contributed by atoms with Crippen molar-refractivity contribution in [1.82, 2.24) is 49.1 Å². The maximum atomic E-state index is 11.5. The van der Waals surface area contributed by atoms with Crippen LogP contribution in [0, 0.1) is 37.5 Å². The van der Waals surface area contributed by atoms with E-state index in [4.69, 9.17) is 19.4 Å². The van der Waals surface area contributed by atoms with E-state index in [1.54, 1.807) is 0 Å². The molecule has 4 aromatic carbocycles. The number of ether oxygens (including phenoxy) is 2. The molecule has 2 saturated carbocycles. The van der Waals surface area contributed by atoms with Crippen LogP contribution in [-0.2, 0) is 34.8 Å². The van der Waals surface area contributed by atoms with Crippen LogP contribution in [-0.4, -0.2) is 85.7 Å². The van der Waals surface area contributed by atoms with E-state index >= 15 is 0 Å². The van der Waals surface area contributed by atoms with Gasteiger partial charge in [0.05, 0.1) is 79.2 Å². The van der Waals surface area contributed by atoms with Crippen LogP contribution in [0.1, 0.15) is 111 Å². The van der Waals surface area contributed by atoms with Crippen molar-refractivity contribution in [3.8, 4) is 22.5 Å². The van der Waals surface area contributed by atoms with Crippen molar-refractivity contribution in [3.63, 3.8) is 0 Å². The number of hydrogen-bond donors (Lipinski definition) is 2. The number of benzene rings is 4. The fraction of sp³-hybridized carbons (Fsp3) is 0.406. The van der Waals surface area contributed by atoms with Gasteiger partial charge in [-0.1, -0.05) is 95.4 Å². The lowest BCUT2D eigenvalue weighted by Crippen LogP contribution is -2.27. The van der Waals surface area contributed by atoms with Crippen LogP contribution in [0.4, 0.5) is 0 Å². The zero-order valence-corrected chi connectivity index (χ0v) is 45.7. The van der Waals surface area contributed by atoms with Gasteiger partial charge in [0.2, 0.25) is 0 Å². The van der Waals surface area contributed by atoms with Gasteiger partial charge in [0.15, 0.2) is 0 Å². The van der Waals surface area contributed by atoms with E-state index in [1.807, 2.05) is 63.5 Å². The maximum Gasteiger partial charge on any atom is 0.0960 e. The Morgan fingerprint density at radius 3 is 1.23 bits per heavy atom. The zero-order chi connectivity index (χ0) is 53.5. The van der Waals surface area contributed by atoms with Crippen LogP contribution in [0.5, 0.6) is 0 Å². The zero-order valence-electron chi connectivity index (χ0n) is 45.7. The highest BCUT2D eigenvalue weighted by Crippen LogP contribution is 2.50. The highest BCUT2D eigenvalue weighted by molar-refractivity contribution is 6.08. The van der Waals surface area contributed by atoms with Crippen molar-refractivity contribution in [2.45, 2.75) is 102 Å². The summed E-state index contributed by atoms with van der Waals surface area (Å²) in [5.74, 6) is 1.46. The van der Waals surface area contributed by atoms with Gasteiger partial charge in [0.1, 0.15) is 0 Å². The molecular formula is C64H70N10O4. The topological polar surface area (TPSA) is 156 Å². The SMILES string of the molecule is Cc1nnn(C)c1-c1cnc2c3ccc(C(C)(O)C4CC4)cc3n([C@H](c3ccccc3)C3CCOCC3)c2c1.Cc1nnn(C)c1-c1cnc2c3ccc(C(C)(O)C4CC4)cc3n([C@H](c3ccccc3)C3CCOCC3)c2c1. The Kier molecular flexibility index (Phi) is 12.9. The first-order chi connectivity index (χ1) is 37.9. The second-order valence-electron chi connectivity index (χ2n) is 23.1. The molecule has 4 fully saturated rings. The van der Waals surface area contributed by atoms with Gasteiger partial charge in [-0.15, -0.1) is 10.2 Å². The predicted molar refractivity (Wildman–Crippen MR) is 305 cm³/mol. The second kappa shape index (κ2) is 20.0. The average Bonchev–Trinajstić information content (AvgIpc) is 4.59. The Bertz CT molecular complexity index is 3530. The molecule has 2 unspecified atom stereocenters. The monoisotopic (exact) mass is 1040 g/mol. The average molecular weight is 1040 g/mol. The molecule has 10 aromatic rings. The summed E-state index contributed by atoms with van der Waals surface area (Å²) in [5, 5.41) is 42.4. The van der Waals surface area contributed by atoms with Crippen molar-refractivity contribution in [3.05, 3.63) is 155 Å². The first-order valence-corrected chi connectivity index (χ1v) is 28.2. The Morgan fingerprint density at radius 1 is 0.500 bits per heavy atom. The van der Waals surface area contributed by atoms with Gasteiger partial charge < -0.3 is 28.8 Å². The van der Waals surface area contributed by atoms with Crippen LogP contribution in [0.2, 0.25) is 0 Å². The van der Waals surface area contributed by atoms with Crippen LogP contribution in [0.25, 0.3) is 66.4 Å². The molecule has 0 radical (unpaired) electrons. The normalized spacial score (nSPS) is 19.0. The van der Waals surface area contributed by atoms with E-state index in [2.05, 4.69) is 139 Å². The van der Waals surface area contributed by atoms with Crippen LogP contribution >= 0.6 is 0 Å². The van der Waals surface area contributed by atoms with E-state index in [1.165, 1.54) is 11.1 Å². The molecule has 400 valence electrons. The lowest BCUT2D eigenvalue weighted by Gasteiger charge is -2.33. The fourth-order valence-electron chi connectivity index (χ4n) is 13.4. The second-order valence-corrected chi connectivity index (χ2v) is 23.1. The summed E-state index contributed by atoms with van der Waals surface area (Å²) >= 11 is 0. The summed E-state index contributed by atoms with van der Waals surface area (Å²) < 4.78 is 20.2. The van der Waals surface area contributed by atoms with Gasteiger partial charge in [0, 0.05) is 74.8 Å². The van der Waals surface area contributed by atoms with Gasteiger partial charge in [-0.2, -0.15) is 0 Å². The highest BCUT2D eigenvalue weighted by atomic mass is 16.5. The van der Waals surface area contributed by atoms with Crippen molar-refractivity contribution in [1.29, 1.82) is 0 Å². The number of nitrogens with zero attached hydrogens (tertiary/aromatic N) is 10. The van der Waals surface area contributed by atoms with Crippen LogP contribution < -0.4 is 0 Å². The molecule has 6 aromatic heterocycles. The molecule has 0 bridgehead atoms. The van der Waals surface area contributed by atoms with Crippen LogP contribution in [0.15, 0.2) is 122 Å². The molecule has 0 spiro atoms. The molecule has 2 N–H and O–H groups in total. The van der Waals surface area contributed by atoms with Crippen LogP contribution in [0.3, 0.4) is 0 Å². The number of rotatable bonds is 12. The molecule has 78 heavy (non-hydrogen) atoms. The van der Waals surface area contributed by atoms with E-state index in [9.17, 15) is 10.2 Å². The van der Waals surface area contributed by atoms with Gasteiger partial charge >= 0.3 is 0 Å². The van der Waals surface area contributed by atoms with E-state index in [0.717, 1.165) is 167 Å². The van der Waals surface area contributed by atoms with Crippen molar-refractivity contribution < 1.29 is 19.7 Å². The van der Waals surface area contributed by atoms with Crippen molar-refractivity contribution in [2.75, 3.05) is 26.4 Å². The lowest BCUT2D eigenvalue weighted by atomic mass is 9.86. The largest absolute Gasteiger partial charge is 0.385 e. The van der Waals surface area contributed by atoms with E-state index in [-0.39, 0.29) is 12.1 Å². The molecule has 14 nitrogen and oxygen atoms in total. The molecule has 8 heterocycles. The Balaban J connectivity index is 0.000000148.